The largest absolute Gasteiger partial charge is 0.493 e. The fourth-order valence-electron chi connectivity index (χ4n) is 1.67. The highest BCUT2D eigenvalue weighted by Gasteiger charge is 2.05. The van der Waals surface area contributed by atoms with Gasteiger partial charge in [-0.3, -0.25) is 0 Å². The second kappa shape index (κ2) is 7.98. The molecule has 18 heavy (non-hydrogen) atoms. The molecule has 0 saturated heterocycles. The van der Waals surface area contributed by atoms with E-state index in [0.717, 1.165) is 30.9 Å². The lowest BCUT2D eigenvalue weighted by molar-refractivity contribution is -0.493. The minimum Gasteiger partial charge on any atom is -0.493 e. The van der Waals surface area contributed by atoms with E-state index < -0.39 is 0 Å². The summed E-state index contributed by atoms with van der Waals surface area (Å²) >= 11 is 5.66. The molecule has 1 aromatic carbocycles. The zero-order valence-corrected chi connectivity index (χ0v) is 12.0. The Morgan fingerprint density at radius 2 is 1.94 bits per heavy atom. The van der Waals surface area contributed by atoms with Crippen LogP contribution in [-0.4, -0.2) is 44.5 Å². The molecule has 0 bridgehead atoms. The van der Waals surface area contributed by atoms with E-state index in [1.54, 1.807) is 14.2 Å². The number of rotatable bonds is 7. The maximum Gasteiger partial charge on any atom is 0.161 e. The lowest BCUT2D eigenvalue weighted by Crippen LogP contribution is -2.10. The Kier molecular flexibility index (Phi) is 6.58. The van der Waals surface area contributed by atoms with Crippen molar-refractivity contribution >= 4 is 17.8 Å². The van der Waals surface area contributed by atoms with Crippen molar-refractivity contribution in [2.75, 3.05) is 33.7 Å². The molecule has 0 heterocycles. The van der Waals surface area contributed by atoms with Gasteiger partial charge in [-0.2, -0.15) is 0 Å². The first-order valence-corrected chi connectivity index (χ1v) is 6.55. The normalized spacial score (nSPS) is 11.4. The minimum absolute atomic E-state index is 0.703. The molecule has 0 unspecified atom stereocenters. The Morgan fingerprint density at radius 3 is 2.56 bits per heavy atom. The zero-order valence-electron chi connectivity index (χ0n) is 11.3. The predicted octanol–water partition coefficient (Wildman–Crippen LogP) is 2.59. The average molecular weight is 271 g/mol. The average Bonchev–Trinajstić information content (AvgIpc) is 2.42. The van der Waals surface area contributed by atoms with Crippen molar-refractivity contribution in [3.05, 3.63) is 23.8 Å². The van der Waals surface area contributed by atoms with Gasteiger partial charge in [-0.1, -0.05) is 6.07 Å². The van der Waals surface area contributed by atoms with Crippen LogP contribution < -0.4 is 9.47 Å². The Balaban J connectivity index is 2.67. The minimum atomic E-state index is 0.703. The van der Waals surface area contributed by atoms with E-state index in [2.05, 4.69) is 17.8 Å². The third-order valence-corrected chi connectivity index (χ3v) is 3.00. The predicted molar refractivity (Wildman–Crippen MR) is 75.7 cm³/mol. The van der Waals surface area contributed by atoms with Gasteiger partial charge in [0.15, 0.2) is 11.5 Å². The molecule has 0 aliphatic heterocycles. The first-order chi connectivity index (χ1) is 8.71. The van der Waals surface area contributed by atoms with Crippen LogP contribution in [0.15, 0.2) is 18.2 Å². The van der Waals surface area contributed by atoms with Crippen LogP contribution in [0.5, 0.6) is 11.5 Å². The molecule has 0 fully saturated rings. The number of hydrogen-bond donors (Lipinski definition) is 0. The van der Waals surface area contributed by atoms with Gasteiger partial charge in [-0.05, 0) is 17.7 Å². The van der Waals surface area contributed by atoms with Crippen LogP contribution in [-0.2, 0) is 6.42 Å². The molecule has 0 N–H and O–H groups in total. The van der Waals surface area contributed by atoms with Crippen molar-refractivity contribution in [3.63, 3.8) is 0 Å². The fourth-order valence-corrected chi connectivity index (χ4v) is 1.79. The molecular weight excluding hydrogens is 250 g/mol. The number of alkyl halides is 1. The van der Waals surface area contributed by atoms with Crippen molar-refractivity contribution in [2.45, 2.75) is 12.8 Å². The lowest BCUT2D eigenvalue weighted by Gasteiger charge is -2.08. The summed E-state index contributed by atoms with van der Waals surface area (Å²) in [5, 5.41) is 0. The van der Waals surface area contributed by atoms with E-state index in [1.165, 1.54) is 5.56 Å². The van der Waals surface area contributed by atoms with E-state index in [4.69, 9.17) is 21.1 Å². The summed E-state index contributed by atoms with van der Waals surface area (Å²) in [6, 6.07) is 5.98. The van der Waals surface area contributed by atoms with Gasteiger partial charge in [0.1, 0.15) is 19.8 Å². The summed E-state index contributed by atoms with van der Waals surface area (Å²) in [6.07, 6.45) is 4.04. The molecule has 3 nitrogen and oxygen atoms in total. The van der Waals surface area contributed by atoms with Crippen LogP contribution in [0.2, 0.25) is 0 Å². The molecule has 0 aliphatic rings. The van der Waals surface area contributed by atoms with E-state index in [1.807, 2.05) is 18.2 Å². The molecule has 0 amide bonds. The molecule has 0 aromatic heterocycles. The van der Waals surface area contributed by atoms with E-state index >= 15 is 0 Å². The van der Waals surface area contributed by atoms with Crippen LogP contribution in [0, 0.1) is 0 Å². The molecule has 4 heteroatoms. The summed E-state index contributed by atoms with van der Waals surface area (Å²) < 4.78 is 12.7. The first-order valence-electron chi connectivity index (χ1n) is 6.01. The third kappa shape index (κ3) is 4.57. The molecular formula is C14H21ClNO2+. The van der Waals surface area contributed by atoms with Gasteiger partial charge in [-0.25, -0.2) is 4.58 Å². The fraction of sp³-hybridized carbons (Fsp3) is 0.500. The maximum atomic E-state index is 5.66. The van der Waals surface area contributed by atoms with Crippen molar-refractivity contribution in [3.8, 4) is 11.5 Å². The molecule has 100 valence electrons. The quantitative estimate of drug-likeness (QED) is 0.432. The summed E-state index contributed by atoms with van der Waals surface area (Å²) in [5.74, 6) is 2.23. The van der Waals surface area contributed by atoms with Crippen molar-refractivity contribution in [2.24, 2.45) is 0 Å². The van der Waals surface area contributed by atoms with Gasteiger partial charge in [0.05, 0.1) is 14.2 Å². The van der Waals surface area contributed by atoms with Crippen molar-refractivity contribution in [1.29, 1.82) is 0 Å². The van der Waals surface area contributed by atoms with Crippen LogP contribution >= 0.6 is 11.6 Å². The first kappa shape index (κ1) is 14.8. The number of ether oxygens (including phenoxy) is 2. The van der Waals surface area contributed by atoms with Crippen molar-refractivity contribution < 1.29 is 14.0 Å². The van der Waals surface area contributed by atoms with Gasteiger partial charge >= 0.3 is 0 Å². The number of benzene rings is 1. The second-order valence-corrected chi connectivity index (χ2v) is 4.48. The van der Waals surface area contributed by atoms with Gasteiger partial charge in [0, 0.05) is 18.7 Å². The Bertz CT molecular complexity index is 405. The van der Waals surface area contributed by atoms with Gasteiger partial charge in [0.2, 0.25) is 0 Å². The Labute approximate surface area is 114 Å². The van der Waals surface area contributed by atoms with Crippen molar-refractivity contribution in [1.82, 2.24) is 0 Å². The van der Waals surface area contributed by atoms with E-state index in [-0.39, 0.29) is 0 Å². The lowest BCUT2D eigenvalue weighted by atomic mass is 10.1. The molecule has 1 aromatic rings. The topological polar surface area (TPSA) is 21.5 Å². The zero-order chi connectivity index (χ0) is 13.4. The Morgan fingerprint density at radius 1 is 1.22 bits per heavy atom. The molecule has 0 radical (unpaired) electrons. The highest BCUT2D eigenvalue weighted by molar-refractivity contribution is 6.17. The summed E-state index contributed by atoms with van der Waals surface area (Å²) in [6.45, 7) is 0.983. The van der Waals surface area contributed by atoms with E-state index in [9.17, 15) is 0 Å². The number of methoxy groups -OCH3 is 2. The van der Waals surface area contributed by atoms with Gasteiger partial charge in [-0.15, -0.1) is 11.6 Å². The number of nitrogens with zero attached hydrogens (tertiary/aromatic N) is 1. The Hall–Kier alpha value is -1.22. The van der Waals surface area contributed by atoms with Crippen LogP contribution in [0.4, 0.5) is 0 Å². The second-order valence-electron chi connectivity index (χ2n) is 4.10. The SMILES string of the molecule is COc1ccc(CC=[N+](C)CCCCl)cc1OC. The van der Waals surface area contributed by atoms with E-state index in [0.29, 0.717) is 5.88 Å². The summed E-state index contributed by atoms with van der Waals surface area (Å²) in [7, 11) is 5.36. The maximum absolute atomic E-state index is 5.66. The molecule has 0 saturated carbocycles. The summed E-state index contributed by atoms with van der Waals surface area (Å²) in [4.78, 5) is 0. The molecule has 0 spiro atoms. The highest BCUT2D eigenvalue weighted by atomic mass is 35.5. The monoisotopic (exact) mass is 270 g/mol. The van der Waals surface area contributed by atoms with Crippen LogP contribution in [0.25, 0.3) is 0 Å². The molecule has 0 atom stereocenters. The number of hydrogen-bond acceptors (Lipinski definition) is 2. The van der Waals surface area contributed by atoms with Crippen LogP contribution in [0.3, 0.4) is 0 Å². The molecule has 1 rings (SSSR count). The standard InChI is InChI=1S/C14H21ClNO2/c1-16(9-4-8-15)10-7-12-5-6-13(17-2)14(11-12)18-3/h5-6,10-11H,4,7-9H2,1-3H3/q+1. The van der Waals surface area contributed by atoms with Crippen LogP contribution in [0.1, 0.15) is 12.0 Å². The summed E-state index contributed by atoms with van der Waals surface area (Å²) in [5.41, 5.74) is 1.20. The number of halogens is 1. The van der Waals surface area contributed by atoms with Gasteiger partial charge in [0.25, 0.3) is 0 Å². The van der Waals surface area contributed by atoms with Gasteiger partial charge < -0.3 is 9.47 Å². The molecule has 0 aliphatic carbocycles. The third-order valence-electron chi connectivity index (χ3n) is 2.73. The highest BCUT2D eigenvalue weighted by Crippen LogP contribution is 2.27. The smallest absolute Gasteiger partial charge is 0.161 e.